The summed E-state index contributed by atoms with van der Waals surface area (Å²) in [5.41, 5.74) is 26.3. The van der Waals surface area contributed by atoms with Crippen LogP contribution in [0.4, 0.5) is 28.4 Å². The van der Waals surface area contributed by atoms with Crippen molar-refractivity contribution in [1.82, 2.24) is 0 Å². The molecule has 5 aliphatic rings. The molecule has 23 heteroatoms. The van der Waals surface area contributed by atoms with Crippen LogP contribution in [0.2, 0.25) is 5.02 Å². The number of carboxylic acid groups (broad SMARTS) is 3. The molecule has 15 aromatic rings. The number of hydrogen-bond donors (Lipinski definition) is 3. The smallest absolute Gasteiger partial charge is 0.313 e. The number of esters is 2. The van der Waals surface area contributed by atoms with Gasteiger partial charge in [0.05, 0.1) is 69.4 Å². The quantitative estimate of drug-likeness (QED) is 0.0564. The van der Waals surface area contributed by atoms with E-state index in [4.69, 9.17) is 36.0 Å². The van der Waals surface area contributed by atoms with Crippen molar-refractivity contribution < 1.29 is 77.5 Å². The summed E-state index contributed by atoms with van der Waals surface area (Å²) in [4.78, 5) is 133. The molecule has 146 heavy (non-hydrogen) atoms. The zero-order valence-electron chi connectivity index (χ0n) is 83.3. The molecule has 5 atom stereocenters. The lowest BCUT2D eigenvalue weighted by Crippen LogP contribution is -2.27. The number of nitrogens with zero attached hydrogens (tertiary/aromatic N) is 5. The van der Waals surface area contributed by atoms with Crippen molar-refractivity contribution in [3.63, 3.8) is 0 Å². The maximum absolute atomic E-state index is 13.1. The Hall–Kier alpha value is -16.4. The summed E-state index contributed by atoms with van der Waals surface area (Å²) in [5, 5.41) is 30.2. The van der Waals surface area contributed by atoms with Gasteiger partial charge in [-0.25, -0.2) is 0 Å². The molecule has 0 spiro atoms. The second kappa shape index (κ2) is 43.8. The highest BCUT2D eigenvalue weighted by Gasteiger charge is 2.38. The minimum Gasteiger partial charge on any atom is -0.497 e. The molecule has 21 nitrogen and oxygen atoms in total. The Labute approximate surface area is 858 Å². The molecule has 738 valence electrons. The van der Waals surface area contributed by atoms with Gasteiger partial charge in [0.25, 0.3) is 29.5 Å². The Bertz CT molecular complexity index is 7430. The van der Waals surface area contributed by atoms with E-state index in [9.17, 15) is 53.1 Å². The molecule has 20 rings (SSSR count). The number of aryl methyl sites for hydroxylation is 1. The topological polar surface area (TPSA) is 275 Å². The lowest BCUT2D eigenvalue weighted by atomic mass is 9.96. The number of carboxylic acids is 3. The van der Waals surface area contributed by atoms with Gasteiger partial charge < -0.3 is 54.0 Å². The van der Waals surface area contributed by atoms with Crippen LogP contribution in [-0.4, -0.2) is 93.0 Å². The number of benzene rings is 14. The van der Waals surface area contributed by atoms with Crippen LogP contribution in [0, 0.1) is 6.92 Å². The molecule has 0 bridgehead atoms. The first kappa shape index (κ1) is 102. The number of thiophene rings is 1. The fourth-order valence-electron chi connectivity index (χ4n) is 18.4. The lowest BCUT2D eigenvalue weighted by Gasteiger charge is -2.23. The van der Waals surface area contributed by atoms with Crippen LogP contribution < -0.4 is 29.2 Å². The summed E-state index contributed by atoms with van der Waals surface area (Å²) in [6.07, 6.45) is 0. The van der Waals surface area contributed by atoms with E-state index >= 15 is 0 Å². The van der Waals surface area contributed by atoms with E-state index in [2.05, 4.69) is 49.4 Å². The summed E-state index contributed by atoms with van der Waals surface area (Å²) < 4.78 is 16.2. The van der Waals surface area contributed by atoms with E-state index in [0.717, 1.165) is 151 Å². The van der Waals surface area contributed by atoms with E-state index in [1.165, 1.54) is 10.4 Å². The molecule has 0 radical (unpaired) electrons. The van der Waals surface area contributed by atoms with Gasteiger partial charge in [-0.1, -0.05) is 223 Å². The minimum atomic E-state index is -0.869. The first-order valence-electron chi connectivity index (χ1n) is 48.3. The summed E-state index contributed by atoms with van der Waals surface area (Å²) in [6.45, 7) is 24.4. The summed E-state index contributed by atoms with van der Waals surface area (Å²) >= 11 is 7.72. The second-order valence-electron chi connectivity index (χ2n) is 38.7. The van der Waals surface area contributed by atoms with Gasteiger partial charge in [-0.2, -0.15) is 0 Å². The molecule has 3 N–H and O–H groups in total. The van der Waals surface area contributed by atoms with Crippen molar-refractivity contribution in [3.8, 4) is 60.7 Å². The van der Waals surface area contributed by atoms with Gasteiger partial charge in [0.15, 0.2) is 0 Å². The fourth-order valence-corrected chi connectivity index (χ4v) is 19.3. The van der Waals surface area contributed by atoms with Gasteiger partial charge in [0.1, 0.15) is 17.0 Å². The summed E-state index contributed by atoms with van der Waals surface area (Å²) in [6, 6.07) is 104. The largest absolute Gasteiger partial charge is 0.497 e. The van der Waals surface area contributed by atoms with Crippen LogP contribution in [0.15, 0.2) is 333 Å². The molecule has 1 aromatic heterocycles. The molecule has 14 aromatic carbocycles. The van der Waals surface area contributed by atoms with Crippen molar-refractivity contribution in [2.75, 3.05) is 31.6 Å². The maximum Gasteiger partial charge on any atom is 0.313 e. The average Bonchev–Trinajstić information content (AvgIpc) is 1.64. The van der Waals surface area contributed by atoms with Crippen molar-refractivity contribution in [2.45, 2.75) is 157 Å². The van der Waals surface area contributed by atoms with E-state index in [1.54, 1.807) is 100 Å². The average molecular weight is 1980 g/mol. The molecule has 5 unspecified atom stereocenters. The van der Waals surface area contributed by atoms with Gasteiger partial charge in [-0.3, -0.25) is 47.9 Å². The van der Waals surface area contributed by atoms with Crippen molar-refractivity contribution >= 4 is 111 Å². The first-order valence-corrected chi connectivity index (χ1v) is 49.5. The third-order valence-corrected chi connectivity index (χ3v) is 27.9. The predicted octanol–water partition coefficient (Wildman–Crippen LogP) is 27.1. The molecule has 0 saturated heterocycles. The molecule has 0 fully saturated rings. The highest BCUT2D eigenvalue weighted by atomic mass is 35.5. The van der Waals surface area contributed by atoms with E-state index in [1.807, 2.05) is 309 Å². The molecule has 5 aliphatic heterocycles. The number of hydrogen-bond acceptors (Lipinski definition) is 14. The summed E-state index contributed by atoms with van der Waals surface area (Å²) in [7, 11) is 1.63. The molecule has 6 heterocycles. The lowest BCUT2D eigenvalue weighted by molar-refractivity contribution is -0.157. The fraction of sp³-hybridized carbons (Fsp3) is 0.203. The van der Waals surface area contributed by atoms with Crippen LogP contribution in [0.1, 0.15) is 219 Å². The SMILES string of the molecule is CC(C(=O)O)c1ccc(N2Cc3c(cccc3-c3ccccc3)C2=O)cc1.CC(C(=O)OC(C)(C)C)c1ccc(N2Cc3c(cccc3-c3ccc(Cl)cc3)C2=O)cc1.CC(C(=O)OC(C)(C)C)c1ccc(N2Cc3c(cccc3-c3cccs3)C2=O)cc1.COc1ccc(-c2cccc3c2CN(c2ccc(C(C)C(=O)O)cc2)C3=O)cc1.Cc1ccc(-c2cccc3c2CN(c2ccc(C(C)C(=O)O)cc2)C3=O)cc1. The monoisotopic (exact) mass is 1980 g/mol. The van der Waals surface area contributed by atoms with Gasteiger partial charge >= 0.3 is 29.8 Å². The number of anilines is 5. The number of carbonyl (C=O) groups is 10. The highest BCUT2D eigenvalue weighted by Crippen LogP contribution is 2.44. The molecular formula is C123H112ClN5O16S. The standard InChI is InChI=1S/C27H26ClNO3.C25H25NO3S.C24H21NO4.C24H21NO3.C23H19NO3/c1-17(26(31)32-27(2,3)4)18-10-14-21(15-11-18)29-16-24-22(6-5-7-23(24)25(29)30)19-8-12-20(28)13-9-19;1-16(24(28)29-25(2,3)4)17-10-12-18(13-11-17)26-15-21-19(22-9-6-14-30-22)7-5-8-20(21)23(26)27;1-15(24(27)28)16-6-10-18(11-7-16)25-14-22-20(4-3-5-21(22)23(25)26)17-8-12-19(29-2)13-9-17;1-15-6-8-18(9-7-15)20-4-3-5-21-22(20)14-25(23(21)26)19-12-10-17(11-13-19)16(2)24(27)28;1-15(23(26)27)16-10-12-18(13-11-16)24-14-21-19(17-6-3-2-4-7-17)8-5-9-20(21)22(24)25/h5-15,17H,16H2,1-4H3;5-14,16H,15H2,1-4H3;3-13,15H,14H2,1-2H3,(H,27,28);3-13,16H,14H2,1-2H3,(H,27,28);2-13,15H,14H2,1H3,(H,26,27). The van der Waals surface area contributed by atoms with Gasteiger partial charge in [0.2, 0.25) is 0 Å². The van der Waals surface area contributed by atoms with Crippen molar-refractivity contribution in [2.24, 2.45) is 0 Å². The first-order chi connectivity index (χ1) is 69.9. The normalized spacial score (nSPS) is 14.2. The van der Waals surface area contributed by atoms with Gasteiger partial charge in [-0.05, 0) is 315 Å². The Morgan fingerprint density at radius 3 is 0.801 bits per heavy atom. The molecule has 0 saturated carbocycles. The number of methoxy groups -OCH3 is 1. The predicted molar refractivity (Wildman–Crippen MR) is 575 cm³/mol. The number of carbonyl (C=O) groups excluding carboxylic acids is 7. The Morgan fingerprint density at radius 1 is 0.295 bits per heavy atom. The van der Waals surface area contributed by atoms with Crippen molar-refractivity contribution in [3.05, 3.63) is 427 Å². The number of halogens is 1. The van der Waals surface area contributed by atoms with Crippen LogP contribution in [0.25, 0.3) is 54.9 Å². The second-order valence-corrected chi connectivity index (χ2v) is 40.1. The van der Waals surface area contributed by atoms with E-state index < -0.39 is 46.9 Å². The Morgan fingerprint density at radius 2 is 0.541 bits per heavy atom. The number of aliphatic carboxylic acids is 3. The Balaban J connectivity index is 0.000000131. The molecular weight excluding hydrogens is 1870 g/mol. The van der Waals surface area contributed by atoms with Crippen LogP contribution >= 0.6 is 22.9 Å². The number of ether oxygens (including phenoxy) is 3. The van der Waals surface area contributed by atoms with Crippen LogP contribution in [0.3, 0.4) is 0 Å². The summed E-state index contributed by atoms with van der Waals surface area (Å²) in [5.74, 6) is -4.91. The molecule has 0 aliphatic carbocycles. The number of amides is 5. The van der Waals surface area contributed by atoms with E-state index in [0.29, 0.717) is 54.4 Å². The zero-order chi connectivity index (χ0) is 104. The maximum atomic E-state index is 13.1. The van der Waals surface area contributed by atoms with Gasteiger partial charge in [0, 0.05) is 66.2 Å². The number of rotatable bonds is 21. The van der Waals surface area contributed by atoms with Crippen molar-refractivity contribution in [1.29, 1.82) is 0 Å². The minimum absolute atomic E-state index is 0.0105. The molecule has 5 amide bonds. The third kappa shape index (κ3) is 22.6. The zero-order valence-corrected chi connectivity index (χ0v) is 84.9. The van der Waals surface area contributed by atoms with Crippen LogP contribution in [-0.2, 0) is 66.2 Å². The third-order valence-electron chi connectivity index (χ3n) is 26.8. The highest BCUT2D eigenvalue weighted by molar-refractivity contribution is 7.13. The number of fused-ring (bicyclic) bond motifs is 5. The van der Waals surface area contributed by atoms with Gasteiger partial charge in [-0.15, -0.1) is 11.3 Å². The van der Waals surface area contributed by atoms with Crippen LogP contribution in [0.5, 0.6) is 5.75 Å². The van der Waals surface area contributed by atoms with E-state index in [-0.39, 0.29) is 53.3 Å². The Kier molecular flexibility index (Phi) is 30.7.